The van der Waals surface area contributed by atoms with Gasteiger partial charge in [0.25, 0.3) is 0 Å². The molecule has 0 aromatic rings. The van der Waals surface area contributed by atoms with E-state index in [0.717, 1.165) is 6.42 Å². The second kappa shape index (κ2) is 5.69. The van der Waals surface area contributed by atoms with E-state index in [1.807, 2.05) is 13.8 Å². The number of carboxylic acids is 1. The maximum Gasteiger partial charge on any atom is 0.311 e. The Balaban J connectivity index is 2.61. The van der Waals surface area contributed by atoms with E-state index in [1.54, 1.807) is 6.92 Å². The van der Waals surface area contributed by atoms with Gasteiger partial charge in [-0.05, 0) is 32.1 Å². The van der Waals surface area contributed by atoms with Crippen LogP contribution in [0.1, 0.15) is 46.5 Å². The fourth-order valence-corrected chi connectivity index (χ4v) is 2.55. The van der Waals surface area contributed by atoms with Crippen LogP contribution < -0.4 is 11.1 Å². The molecule has 104 valence electrons. The lowest BCUT2D eigenvalue weighted by Gasteiger charge is -2.29. The number of nitrogens with two attached hydrogens (primary N) is 1. The quantitative estimate of drug-likeness (QED) is 0.687. The minimum Gasteiger partial charge on any atom is -0.481 e. The van der Waals surface area contributed by atoms with Crippen LogP contribution in [0.2, 0.25) is 0 Å². The highest BCUT2D eigenvalue weighted by molar-refractivity contribution is 5.83. The Morgan fingerprint density at radius 2 is 2.11 bits per heavy atom. The lowest BCUT2D eigenvalue weighted by molar-refractivity contribution is -0.149. The van der Waals surface area contributed by atoms with Crippen LogP contribution in [0.3, 0.4) is 0 Å². The second-order valence-corrected chi connectivity index (χ2v) is 5.91. The van der Waals surface area contributed by atoms with Crippen molar-refractivity contribution in [2.45, 2.75) is 58.5 Å². The van der Waals surface area contributed by atoms with E-state index in [2.05, 4.69) is 5.32 Å². The van der Waals surface area contributed by atoms with Crippen molar-refractivity contribution < 1.29 is 14.7 Å². The van der Waals surface area contributed by atoms with Gasteiger partial charge in [-0.1, -0.05) is 20.3 Å². The number of nitrogens with one attached hydrogen (secondary N) is 1. The largest absolute Gasteiger partial charge is 0.481 e. The third-order valence-electron chi connectivity index (χ3n) is 3.83. The molecule has 0 spiro atoms. The summed E-state index contributed by atoms with van der Waals surface area (Å²) >= 11 is 0. The molecule has 0 radical (unpaired) electrons. The molecule has 3 atom stereocenters. The molecule has 1 aliphatic carbocycles. The number of hydrogen-bond donors (Lipinski definition) is 3. The minimum atomic E-state index is -0.854. The van der Waals surface area contributed by atoms with Crippen LogP contribution in [0.25, 0.3) is 0 Å². The molecule has 1 amide bonds. The molecule has 0 saturated heterocycles. The Hall–Kier alpha value is -1.10. The molecular weight excluding hydrogens is 232 g/mol. The smallest absolute Gasteiger partial charge is 0.311 e. The van der Waals surface area contributed by atoms with Crippen LogP contribution in [-0.4, -0.2) is 29.1 Å². The molecule has 5 heteroatoms. The first-order valence-electron chi connectivity index (χ1n) is 6.56. The zero-order valence-electron chi connectivity index (χ0n) is 11.4. The maximum absolute atomic E-state index is 11.9. The predicted octanol–water partition coefficient (Wildman–Crippen LogP) is 1.12. The predicted molar refractivity (Wildman–Crippen MR) is 69.0 cm³/mol. The van der Waals surface area contributed by atoms with E-state index in [4.69, 9.17) is 5.73 Å². The summed E-state index contributed by atoms with van der Waals surface area (Å²) in [6.07, 6.45) is 2.76. The van der Waals surface area contributed by atoms with Crippen molar-refractivity contribution in [1.82, 2.24) is 5.32 Å². The Kier molecular flexibility index (Phi) is 4.73. The maximum atomic E-state index is 11.9. The number of rotatable bonds is 5. The highest BCUT2D eigenvalue weighted by atomic mass is 16.4. The average Bonchev–Trinajstić information content (AvgIpc) is 2.60. The topological polar surface area (TPSA) is 92.4 Å². The Morgan fingerprint density at radius 1 is 1.50 bits per heavy atom. The fraction of sp³-hybridized carbons (Fsp3) is 0.846. The lowest BCUT2D eigenvalue weighted by Crippen LogP contribution is -2.52. The molecule has 0 bridgehead atoms. The third kappa shape index (κ3) is 3.22. The first-order chi connectivity index (χ1) is 8.27. The zero-order chi connectivity index (χ0) is 13.9. The number of hydrogen-bond acceptors (Lipinski definition) is 3. The van der Waals surface area contributed by atoms with Gasteiger partial charge in [0, 0.05) is 6.04 Å². The van der Waals surface area contributed by atoms with Crippen molar-refractivity contribution >= 4 is 11.9 Å². The van der Waals surface area contributed by atoms with E-state index >= 15 is 0 Å². The van der Waals surface area contributed by atoms with Crippen LogP contribution in [0.5, 0.6) is 0 Å². The van der Waals surface area contributed by atoms with Gasteiger partial charge in [-0.15, -0.1) is 0 Å². The first kappa shape index (κ1) is 15.0. The van der Waals surface area contributed by atoms with Gasteiger partial charge in [0.05, 0.1) is 11.5 Å². The lowest BCUT2D eigenvalue weighted by atomic mass is 9.84. The fourth-order valence-electron chi connectivity index (χ4n) is 2.55. The Bertz CT molecular complexity index is 330. The monoisotopic (exact) mass is 256 g/mol. The van der Waals surface area contributed by atoms with Gasteiger partial charge in [-0.3, -0.25) is 9.59 Å². The number of carbonyl (C=O) groups is 2. The van der Waals surface area contributed by atoms with Crippen molar-refractivity contribution in [3.63, 3.8) is 0 Å². The minimum absolute atomic E-state index is 0.233. The zero-order valence-corrected chi connectivity index (χ0v) is 11.4. The van der Waals surface area contributed by atoms with Crippen LogP contribution in [0.15, 0.2) is 0 Å². The van der Waals surface area contributed by atoms with Crippen LogP contribution in [0, 0.1) is 11.3 Å². The molecule has 4 N–H and O–H groups in total. The Labute approximate surface area is 108 Å². The summed E-state index contributed by atoms with van der Waals surface area (Å²) in [5.41, 5.74) is 4.95. The number of carboxylic acid groups (broad SMARTS) is 1. The standard InChI is InChI=1S/C13H24N2O3/c1-8(2)7-9(14)11(16)15-10-5-4-6-13(10,3)12(17)18/h8-10H,4-7,14H2,1-3H3,(H,15,16)(H,17,18). The van der Waals surface area contributed by atoms with Gasteiger partial charge >= 0.3 is 5.97 Å². The molecule has 0 aromatic heterocycles. The molecule has 5 nitrogen and oxygen atoms in total. The van der Waals surface area contributed by atoms with Gasteiger partial charge in [0.2, 0.25) is 5.91 Å². The first-order valence-corrected chi connectivity index (χ1v) is 6.56. The van der Waals surface area contributed by atoms with Gasteiger partial charge in [-0.25, -0.2) is 0 Å². The normalized spacial score (nSPS) is 29.3. The molecule has 0 aromatic carbocycles. The summed E-state index contributed by atoms with van der Waals surface area (Å²) < 4.78 is 0. The molecule has 1 fully saturated rings. The Morgan fingerprint density at radius 3 is 2.61 bits per heavy atom. The van der Waals surface area contributed by atoms with E-state index in [-0.39, 0.29) is 11.9 Å². The van der Waals surface area contributed by atoms with Crippen molar-refractivity contribution in [2.75, 3.05) is 0 Å². The summed E-state index contributed by atoms with van der Waals surface area (Å²) in [7, 11) is 0. The summed E-state index contributed by atoms with van der Waals surface area (Å²) in [4.78, 5) is 23.2. The van der Waals surface area contributed by atoms with Crippen LogP contribution in [-0.2, 0) is 9.59 Å². The highest BCUT2D eigenvalue weighted by Gasteiger charge is 2.46. The van der Waals surface area contributed by atoms with E-state index in [9.17, 15) is 14.7 Å². The molecule has 0 aliphatic heterocycles. The summed E-state index contributed by atoms with van der Waals surface area (Å²) in [5.74, 6) is -0.731. The molecule has 1 aliphatic rings. The molecular formula is C13H24N2O3. The van der Waals surface area contributed by atoms with Gasteiger partial charge in [-0.2, -0.15) is 0 Å². The van der Waals surface area contributed by atoms with Crippen molar-refractivity contribution in [3.8, 4) is 0 Å². The summed E-state index contributed by atoms with van der Waals surface area (Å²) in [5, 5.41) is 12.1. The van der Waals surface area contributed by atoms with Gasteiger partial charge < -0.3 is 16.2 Å². The number of aliphatic carboxylic acids is 1. The van der Waals surface area contributed by atoms with E-state index in [1.165, 1.54) is 0 Å². The van der Waals surface area contributed by atoms with E-state index in [0.29, 0.717) is 25.2 Å². The van der Waals surface area contributed by atoms with E-state index < -0.39 is 17.4 Å². The van der Waals surface area contributed by atoms with Crippen molar-refractivity contribution in [1.29, 1.82) is 0 Å². The third-order valence-corrected chi connectivity index (χ3v) is 3.83. The second-order valence-electron chi connectivity index (χ2n) is 5.91. The summed E-state index contributed by atoms with van der Waals surface area (Å²) in [6, 6.07) is -0.857. The SMILES string of the molecule is CC(C)CC(N)C(=O)NC1CCCC1(C)C(=O)O. The molecule has 0 heterocycles. The van der Waals surface area contributed by atoms with Crippen LogP contribution in [0.4, 0.5) is 0 Å². The number of amides is 1. The van der Waals surface area contributed by atoms with Crippen molar-refractivity contribution in [3.05, 3.63) is 0 Å². The van der Waals surface area contributed by atoms with Gasteiger partial charge in [0.15, 0.2) is 0 Å². The summed E-state index contributed by atoms with van der Waals surface area (Å²) in [6.45, 7) is 5.70. The van der Waals surface area contributed by atoms with Crippen molar-refractivity contribution in [2.24, 2.45) is 17.1 Å². The highest BCUT2D eigenvalue weighted by Crippen LogP contribution is 2.38. The molecule has 1 saturated carbocycles. The molecule has 3 unspecified atom stereocenters. The van der Waals surface area contributed by atoms with Gasteiger partial charge in [0.1, 0.15) is 0 Å². The number of carbonyl (C=O) groups excluding carboxylic acids is 1. The molecule has 18 heavy (non-hydrogen) atoms. The van der Waals surface area contributed by atoms with Crippen LogP contribution >= 0.6 is 0 Å². The average molecular weight is 256 g/mol. The molecule has 1 rings (SSSR count).